The molecule has 1 fully saturated rings. The Hall–Kier alpha value is -1.97. The largest absolute Gasteiger partial charge is 0.497 e. The zero-order valence-corrected chi connectivity index (χ0v) is 12.4. The van der Waals surface area contributed by atoms with Crippen LogP contribution in [0.15, 0.2) is 29.3 Å². The van der Waals surface area contributed by atoms with Gasteiger partial charge >= 0.3 is 5.97 Å². The first kappa shape index (κ1) is 14.0. The van der Waals surface area contributed by atoms with Crippen LogP contribution in [0.5, 0.6) is 11.5 Å². The van der Waals surface area contributed by atoms with E-state index in [2.05, 4.69) is 0 Å². The van der Waals surface area contributed by atoms with E-state index in [-0.39, 0.29) is 5.92 Å². The fraction of sp³-hybridized carbons (Fsp3) is 0.471. The first-order chi connectivity index (χ1) is 10.1. The summed E-state index contributed by atoms with van der Waals surface area (Å²) < 4.78 is 10.6. The molecule has 0 spiro atoms. The molecule has 3 rings (SSSR count). The van der Waals surface area contributed by atoms with Crippen LogP contribution in [0.25, 0.3) is 0 Å². The summed E-state index contributed by atoms with van der Waals surface area (Å²) in [5, 5.41) is 9.48. The average molecular weight is 288 g/mol. The lowest BCUT2D eigenvalue weighted by atomic mass is 9.88. The predicted octanol–water partition coefficient (Wildman–Crippen LogP) is 3.06. The van der Waals surface area contributed by atoms with E-state index in [0.717, 1.165) is 41.9 Å². The van der Waals surface area contributed by atoms with Gasteiger partial charge in [0.05, 0.1) is 14.2 Å². The molecule has 0 saturated heterocycles. The summed E-state index contributed by atoms with van der Waals surface area (Å²) in [6.45, 7) is 0. The van der Waals surface area contributed by atoms with E-state index >= 15 is 0 Å². The molecule has 0 heterocycles. The molecule has 2 bridgehead atoms. The van der Waals surface area contributed by atoms with Gasteiger partial charge in [-0.1, -0.05) is 5.57 Å². The van der Waals surface area contributed by atoms with Gasteiger partial charge in [0, 0.05) is 11.6 Å². The van der Waals surface area contributed by atoms with Crippen molar-refractivity contribution < 1.29 is 19.4 Å². The highest BCUT2D eigenvalue weighted by Crippen LogP contribution is 2.49. The molecular formula is C17H20O4. The molecule has 2 aliphatic rings. The van der Waals surface area contributed by atoms with Crippen LogP contribution in [0.2, 0.25) is 0 Å². The minimum Gasteiger partial charge on any atom is -0.497 e. The van der Waals surface area contributed by atoms with Crippen LogP contribution >= 0.6 is 0 Å². The van der Waals surface area contributed by atoms with E-state index in [9.17, 15) is 9.90 Å². The van der Waals surface area contributed by atoms with Crippen LogP contribution in [0.3, 0.4) is 0 Å². The third kappa shape index (κ3) is 2.50. The molecule has 0 unspecified atom stereocenters. The van der Waals surface area contributed by atoms with Crippen molar-refractivity contribution in [3.05, 3.63) is 34.9 Å². The van der Waals surface area contributed by atoms with Crippen LogP contribution in [0.4, 0.5) is 0 Å². The van der Waals surface area contributed by atoms with Crippen molar-refractivity contribution in [3.8, 4) is 11.5 Å². The van der Waals surface area contributed by atoms with E-state index in [1.165, 1.54) is 0 Å². The van der Waals surface area contributed by atoms with Crippen LogP contribution in [0.1, 0.15) is 24.8 Å². The molecule has 2 atom stereocenters. The first-order valence-corrected chi connectivity index (χ1v) is 7.30. The minimum absolute atomic E-state index is 0.259. The van der Waals surface area contributed by atoms with Gasteiger partial charge in [-0.15, -0.1) is 0 Å². The highest BCUT2D eigenvalue weighted by atomic mass is 16.5. The molecule has 2 aliphatic carbocycles. The third-order valence-corrected chi connectivity index (χ3v) is 4.72. The molecule has 1 saturated carbocycles. The molecule has 21 heavy (non-hydrogen) atoms. The third-order valence-electron chi connectivity index (χ3n) is 4.72. The molecule has 0 radical (unpaired) electrons. The fourth-order valence-corrected chi connectivity index (χ4v) is 3.78. The molecule has 0 amide bonds. The van der Waals surface area contributed by atoms with Gasteiger partial charge in [-0.25, -0.2) is 4.79 Å². The molecule has 1 aromatic carbocycles. The Morgan fingerprint density at radius 1 is 1.14 bits per heavy atom. The molecule has 4 heteroatoms. The summed E-state index contributed by atoms with van der Waals surface area (Å²) in [5.41, 5.74) is 2.81. The first-order valence-electron chi connectivity index (χ1n) is 7.30. The van der Waals surface area contributed by atoms with Gasteiger partial charge in [0.15, 0.2) is 0 Å². The van der Waals surface area contributed by atoms with E-state index in [0.29, 0.717) is 17.9 Å². The number of carboxylic acid groups (broad SMARTS) is 1. The van der Waals surface area contributed by atoms with E-state index in [1.807, 2.05) is 18.2 Å². The van der Waals surface area contributed by atoms with Crippen LogP contribution < -0.4 is 9.47 Å². The summed E-state index contributed by atoms with van der Waals surface area (Å²) in [5.74, 6) is 1.44. The number of ether oxygens (including phenoxy) is 2. The van der Waals surface area contributed by atoms with Crippen molar-refractivity contribution in [2.24, 2.45) is 11.8 Å². The van der Waals surface area contributed by atoms with Crippen molar-refractivity contribution >= 4 is 5.97 Å². The number of hydrogen-bond acceptors (Lipinski definition) is 3. The number of rotatable bonds is 5. The maximum Gasteiger partial charge on any atom is 0.331 e. The molecule has 0 aliphatic heterocycles. The molecule has 112 valence electrons. The monoisotopic (exact) mass is 288 g/mol. The number of carbonyl (C=O) groups is 1. The van der Waals surface area contributed by atoms with Gasteiger partial charge in [-0.05, 0) is 55.2 Å². The lowest BCUT2D eigenvalue weighted by molar-refractivity contribution is -0.133. The van der Waals surface area contributed by atoms with Gasteiger partial charge in [0.25, 0.3) is 0 Å². The normalized spacial score (nSPS) is 23.5. The molecule has 0 aromatic heterocycles. The van der Waals surface area contributed by atoms with Crippen molar-refractivity contribution in [1.29, 1.82) is 0 Å². The average Bonchev–Trinajstić information content (AvgIpc) is 3.07. The Morgan fingerprint density at radius 2 is 1.76 bits per heavy atom. The SMILES string of the molecule is COc1cc(CC2=C(C(=O)O)[C@H]3CC[C@H]2C3)cc(OC)c1. The molecule has 1 N–H and O–H groups in total. The van der Waals surface area contributed by atoms with Gasteiger partial charge in [-0.3, -0.25) is 0 Å². The van der Waals surface area contributed by atoms with Crippen molar-refractivity contribution in [3.63, 3.8) is 0 Å². The number of benzene rings is 1. The topological polar surface area (TPSA) is 55.8 Å². The lowest BCUT2D eigenvalue weighted by Gasteiger charge is -2.18. The van der Waals surface area contributed by atoms with E-state index in [4.69, 9.17) is 9.47 Å². The Morgan fingerprint density at radius 3 is 2.33 bits per heavy atom. The quantitative estimate of drug-likeness (QED) is 0.904. The number of hydrogen-bond donors (Lipinski definition) is 1. The Kier molecular flexibility index (Phi) is 3.62. The smallest absolute Gasteiger partial charge is 0.331 e. The highest BCUT2D eigenvalue weighted by molar-refractivity contribution is 5.89. The van der Waals surface area contributed by atoms with Crippen molar-refractivity contribution in [1.82, 2.24) is 0 Å². The highest BCUT2D eigenvalue weighted by Gasteiger charge is 2.41. The molecular weight excluding hydrogens is 268 g/mol. The summed E-state index contributed by atoms with van der Waals surface area (Å²) in [7, 11) is 3.25. The second-order valence-corrected chi connectivity index (χ2v) is 5.85. The number of aliphatic carboxylic acids is 1. The Labute approximate surface area is 124 Å². The number of fused-ring (bicyclic) bond motifs is 2. The molecule has 4 nitrogen and oxygen atoms in total. The lowest BCUT2D eigenvalue weighted by Crippen LogP contribution is -2.13. The standard InChI is InChI=1S/C17H20O4/c1-20-13-5-10(6-14(9-13)21-2)7-15-11-3-4-12(8-11)16(15)17(18)19/h5-6,9,11-12H,3-4,7-8H2,1-2H3,(H,18,19)/t11-,12-/m0/s1. The van der Waals surface area contributed by atoms with E-state index in [1.54, 1.807) is 14.2 Å². The fourth-order valence-electron chi connectivity index (χ4n) is 3.78. The van der Waals surface area contributed by atoms with Crippen LogP contribution in [-0.2, 0) is 11.2 Å². The minimum atomic E-state index is -0.743. The number of allylic oxidation sites excluding steroid dienone is 1. The van der Waals surface area contributed by atoms with Crippen molar-refractivity contribution in [2.45, 2.75) is 25.7 Å². The summed E-state index contributed by atoms with van der Waals surface area (Å²) in [6.07, 6.45) is 3.84. The summed E-state index contributed by atoms with van der Waals surface area (Å²) >= 11 is 0. The Bertz CT molecular complexity index is 581. The number of carboxylic acids is 1. The second kappa shape index (κ2) is 5.43. The maximum absolute atomic E-state index is 11.5. The predicted molar refractivity (Wildman–Crippen MR) is 78.7 cm³/mol. The van der Waals surface area contributed by atoms with E-state index < -0.39 is 5.97 Å². The van der Waals surface area contributed by atoms with Gasteiger partial charge in [-0.2, -0.15) is 0 Å². The summed E-state index contributed by atoms with van der Waals surface area (Å²) in [4.78, 5) is 11.5. The number of methoxy groups -OCH3 is 2. The molecule has 1 aromatic rings. The summed E-state index contributed by atoms with van der Waals surface area (Å²) in [6, 6.07) is 5.75. The van der Waals surface area contributed by atoms with Gasteiger partial charge in [0.2, 0.25) is 0 Å². The maximum atomic E-state index is 11.5. The van der Waals surface area contributed by atoms with Crippen LogP contribution in [0, 0.1) is 11.8 Å². The second-order valence-electron chi connectivity index (χ2n) is 5.85. The van der Waals surface area contributed by atoms with Gasteiger partial charge in [0.1, 0.15) is 11.5 Å². The zero-order valence-electron chi connectivity index (χ0n) is 12.4. The Balaban J connectivity index is 1.94. The van der Waals surface area contributed by atoms with Crippen molar-refractivity contribution in [2.75, 3.05) is 14.2 Å². The zero-order chi connectivity index (χ0) is 15.0. The van der Waals surface area contributed by atoms with Crippen LogP contribution in [-0.4, -0.2) is 25.3 Å². The van der Waals surface area contributed by atoms with Gasteiger partial charge < -0.3 is 14.6 Å².